The number of hydrogen-bond acceptors (Lipinski definition) is 6. The molecule has 2 fully saturated rings. The van der Waals surface area contributed by atoms with Gasteiger partial charge in [-0.15, -0.1) is 0 Å². The second-order valence-electron chi connectivity index (χ2n) is 11.0. The summed E-state index contributed by atoms with van der Waals surface area (Å²) in [6.07, 6.45) is 9.08. The van der Waals surface area contributed by atoms with Crippen LogP contribution in [0.3, 0.4) is 0 Å². The van der Waals surface area contributed by atoms with Crippen molar-refractivity contribution in [2.24, 2.45) is 5.92 Å². The van der Waals surface area contributed by atoms with E-state index in [0.717, 1.165) is 21.5 Å². The summed E-state index contributed by atoms with van der Waals surface area (Å²) >= 11 is 5.83. The molecule has 15 heteroatoms. The van der Waals surface area contributed by atoms with E-state index in [-0.39, 0.29) is 86.2 Å². The van der Waals surface area contributed by atoms with E-state index in [2.05, 4.69) is 27.5 Å². The molecule has 4 aromatic rings. The molecule has 0 N–H and O–H groups in total. The van der Waals surface area contributed by atoms with Gasteiger partial charge in [0.2, 0.25) is 0 Å². The SMILES string of the molecule is CC(c1ccc(F)cc1)n1cc(Br)ccc1=O.CC(c1ccc(F)cc1)n1cc(C2CC2)ccc1=O.CC1CC1.O=[P+]([O-])O[O-].[K+].[K][K]. The number of rotatable bonds is 6. The van der Waals surface area contributed by atoms with Gasteiger partial charge in [0.05, 0.1) is 12.1 Å². The first-order chi connectivity index (χ1) is 22.4. The van der Waals surface area contributed by atoms with Crippen LogP contribution in [0.15, 0.2) is 99.3 Å². The molecule has 0 bridgehead atoms. The fourth-order valence-corrected chi connectivity index (χ4v) is 4.58. The zero-order chi connectivity index (χ0) is 35.1. The van der Waals surface area contributed by atoms with E-state index in [1.807, 2.05) is 26.1 Å². The van der Waals surface area contributed by atoms with Crippen molar-refractivity contribution in [3.05, 3.63) is 139 Å². The molecule has 0 spiro atoms. The molecule has 8 nitrogen and oxygen atoms in total. The van der Waals surface area contributed by atoms with Crippen LogP contribution < -0.4 is 72.7 Å². The Morgan fingerprint density at radius 3 is 1.52 bits per heavy atom. The standard InChI is InChI=1S/C16H16FNO.C13H11BrFNO.C4H8.3K.HO4P/c1-11(12-4-7-15(17)8-5-12)18-10-14(13-2-3-13)6-9-16(18)19;1-9(10-2-5-12(15)6-3-10)16-8-11(14)4-7-13(16)17;1-4-2-3-4;;;;1-4-5(2)3/h4-11,13H,2-3H2,1H3;2-9H,1H3;4H,2-3H2,1H3;;;;1H/q;;;;;+1;/p-1. The van der Waals surface area contributed by atoms with Crippen LogP contribution in [-0.4, -0.2) is 72.3 Å². The van der Waals surface area contributed by atoms with Gasteiger partial charge in [0.25, 0.3) is 11.1 Å². The second kappa shape index (κ2) is 25.6. The molecule has 242 valence electrons. The third-order valence-electron chi connectivity index (χ3n) is 7.38. The molecule has 0 aliphatic heterocycles. The van der Waals surface area contributed by atoms with Crippen LogP contribution in [-0.2, 0) is 9.24 Å². The normalized spacial score (nSPS) is 14.4. The Balaban J connectivity index is 0.000000363. The Morgan fingerprint density at radius 1 is 0.792 bits per heavy atom. The van der Waals surface area contributed by atoms with E-state index in [9.17, 15) is 18.4 Å². The summed E-state index contributed by atoms with van der Waals surface area (Å²) in [5.74, 6) is 1.17. The molecule has 2 saturated carbocycles. The first-order valence-corrected chi connectivity index (χ1v) is 33.3. The van der Waals surface area contributed by atoms with Gasteiger partial charge in [0, 0.05) is 29.0 Å². The monoisotopic (exact) mass is 820 g/mol. The number of halogens is 3. The average molecular weight is 822 g/mol. The topological polar surface area (TPSA) is 116 Å². The molecule has 48 heavy (non-hydrogen) atoms. The van der Waals surface area contributed by atoms with Crippen LogP contribution in [0.4, 0.5) is 8.78 Å². The zero-order valence-electron chi connectivity index (χ0n) is 28.1. The third-order valence-corrected chi connectivity index (χ3v) is 7.97. The van der Waals surface area contributed by atoms with E-state index in [0.29, 0.717) is 5.92 Å². The van der Waals surface area contributed by atoms with Crippen molar-refractivity contribution in [2.75, 3.05) is 0 Å². The van der Waals surface area contributed by atoms with Crippen LogP contribution in [0.1, 0.15) is 81.1 Å². The Hall–Kier alpha value is 1.57. The molecule has 2 aromatic carbocycles. The van der Waals surface area contributed by atoms with Gasteiger partial charge in [-0.2, -0.15) is 0 Å². The summed E-state index contributed by atoms with van der Waals surface area (Å²) in [6.45, 7) is 6.15. The fourth-order valence-electron chi connectivity index (χ4n) is 4.23. The summed E-state index contributed by atoms with van der Waals surface area (Å²) in [7, 11) is -3.15. The van der Waals surface area contributed by atoms with E-state index >= 15 is 0 Å². The van der Waals surface area contributed by atoms with Crippen LogP contribution in [0.2, 0.25) is 0 Å². The summed E-state index contributed by atoms with van der Waals surface area (Å²) in [4.78, 5) is 32.6. The summed E-state index contributed by atoms with van der Waals surface area (Å²) in [5, 5.41) is 8.53. The third kappa shape index (κ3) is 18.1. The summed E-state index contributed by atoms with van der Waals surface area (Å²) < 4.78 is 41.3. The van der Waals surface area contributed by atoms with E-state index in [1.54, 1.807) is 51.7 Å². The van der Waals surface area contributed by atoms with Crippen LogP contribution in [0, 0.1) is 17.6 Å². The van der Waals surface area contributed by atoms with Gasteiger partial charge in [-0.1, -0.05) is 50.1 Å². The Kier molecular flexibility index (Phi) is 25.3. The first-order valence-electron chi connectivity index (χ1n) is 15.4. The van der Waals surface area contributed by atoms with Gasteiger partial charge in [-0.05, 0) is 106 Å². The molecule has 0 radical (unpaired) electrons. The first kappa shape index (κ1) is 47.6. The maximum atomic E-state index is 12.9. The number of pyridine rings is 2. The van der Waals surface area contributed by atoms with Gasteiger partial charge >= 0.3 is 123 Å². The fraction of sp³-hybridized carbons (Fsp3) is 0.333. The van der Waals surface area contributed by atoms with Gasteiger partial charge in [0.1, 0.15) is 11.6 Å². The van der Waals surface area contributed by atoms with Crippen molar-refractivity contribution in [3.8, 4) is 0 Å². The van der Waals surface area contributed by atoms with E-state index < -0.39 is 8.25 Å². The van der Waals surface area contributed by atoms with Crippen LogP contribution in [0.5, 0.6) is 0 Å². The zero-order valence-corrected chi connectivity index (χ0v) is 40.0. The molecule has 3 unspecified atom stereocenters. The molecule has 3 atom stereocenters. The summed E-state index contributed by atoms with van der Waals surface area (Å²) in [5.41, 5.74) is 2.97. The van der Waals surface area contributed by atoms with Crippen molar-refractivity contribution in [2.45, 2.75) is 64.5 Å². The Labute approximate surface area is 377 Å². The van der Waals surface area contributed by atoms with Gasteiger partial charge in [-0.25, -0.2) is 13.5 Å². The predicted molar refractivity (Wildman–Crippen MR) is 180 cm³/mol. The minimum absolute atomic E-state index is 0. The Bertz CT molecular complexity index is 1670. The number of aromatic nitrogens is 2. The predicted octanol–water partition coefficient (Wildman–Crippen LogP) is 2.79. The molecule has 0 amide bonds. The average Bonchev–Trinajstić information content (AvgIpc) is 4.02. The molecule has 2 aromatic heterocycles. The van der Waals surface area contributed by atoms with Gasteiger partial charge in [0.15, 0.2) is 0 Å². The van der Waals surface area contributed by atoms with Gasteiger partial charge in [-0.3, -0.25) is 9.59 Å². The van der Waals surface area contributed by atoms with Crippen molar-refractivity contribution in [3.63, 3.8) is 0 Å². The molecular formula is C33H35BrF2K3N2O6P. The molecular weight excluding hydrogens is 787 g/mol. The maximum absolute atomic E-state index is 12.9. The summed E-state index contributed by atoms with van der Waals surface area (Å²) in [6, 6.07) is 19.1. The van der Waals surface area contributed by atoms with Crippen LogP contribution >= 0.6 is 24.2 Å². The molecule has 0 saturated heterocycles. The molecule has 2 aliphatic carbocycles. The number of hydrogen-bond donors (Lipinski definition) is 0. The number of benzene rings is 2. The van der Waals surface area contributed by atoms with E-state index in [1.165, 1.54) is 125 Å². The second-order valence-corrected chi connectivity index (χ2v) is 12.5. The molecule has 2 heterocycles. The minimum atomic E-state index is -3.15. The number of nitrogens with zero attached hydrogens (tertiary/aromatic N) is 2. The molecule has 6 rings (SSSR count). The van der Waals surface area contributed by atoms with Crippen molar-refractivity contribution >= 4 is 87.3 Å². The quantitative estimate of drug-likeness (QED) is 0.128. The molecule has 2 aliphatic rings. The Morgan fingerprint density at radius 2 is 1.17 bits per heavy atom. The van der Waals surface area contributed by atoms with Crippen molar-refractivity contribution < 1.29 is 79.6 Å². The van der Waals surface area contributed by atoms with Gasteiger partial charge < -0.3 is 19.3 Å². The van der Waals surface area contributed by atoms with E-state index in [4.69, 9.17) is 14.7 Å². The van der Waals surface area contributed by atoms with Crippen LogP contribution in [0.25, 0.3) is 0 Å². The van der Waals surface area contributed by atoms with Crippen molar-refractivity contribution in [1.82, 2.24) is 9.13 Å². The van der Waals surface area contributed by atoms with Crippen molar-refractivity contribution in [1.29, 1.82) is 0 Å².